The van der Waals surface area contributed by atoms with Gasteiger partial charge >= 0.3 is 0 Å². The van der Waals surface area contributed by atoms with Crippen LogP contribution in [0.2, 0.25) is 0 Å². The van der Waals surface area contributed by atoms with Gasteiger partial charge < -0.3 is 0 Å². The maximum absolute atomic E-state index is 12.5. The van der Waals surface area contributed by atoms with Crippen LogP contribution in [0.25, 0.3) is 22.5 Å². The molecule has 0 saturated heterocycles. The van der Waals surface area contributed by atoms with E-state index in [9.17, 15) is 4.79 Å². The van der Waals surface area contributed by atoms with Crippen LogP contribution in [0.4, 0.5) is 0 Å². The molecule has 4 rings (SSSR count). The van der Waals surface area contributed by atoms with Crippen molar-refractivity contribution in [1.29, 1.82) is 0 Å². The first-order valence-electron chi connectivity index (χ1n) is 8.31. The Labute approximate surface area is 150 Å². The van der Waals surface area contributed by atoms with Crippen LogP contribution in [0.15, 0.2) is 84.9 Å². The first-order chi connectivity index (χ1) is 12.8. The number of carbonyl (C=O) groups excluding carboxylic acids is 1. The number of Topliss-reactive ketones (excluding diaryl/α,β-unsaturated/α-hetero) is 1. The van der Waals surface area contributed by atoms with Gasteiger partial charge in [-0.25, -0.2) is 0 Å². The third kappa shape index (κ3) is 3.42. The average molecular weight is 340 g/mol. The maximum Gasteiger partial charge on any atom is 0.204 e. The van der Waals surface area contributed by atoms with Gasteiger partial charge in [-0.3, -0.25) is 4.79 Å². The average Bonchev–Trinajstić information content (AvgIpc) is 3.18. The summed E-state index contributed by atoms with van der Waals surface area (Å²) in [6.07, 6.45) is 0. The van der Waals surface area contributed by atoms with E-state index in [1.807, 2.05) is 84.9 Å². The van der Waals surface area contributed by atoms with Crippen LogP contribution >= 0.6 is 0 Å². The van der Waals surface area contributed by atoms with Crippen LogP contribution in [0.1, 0.15) is 10.4 Å². The topological polar surface area (TPSA) is 60.7 Å². The Kier molecular flexibility index (Phi) is 4.35. The molecule has 3 aromatic carbocycles. The zero-order valence-electron chi connectivity index (χ0n) is 14.0. The first kappa shape index (κ1) is 15.9. The standard InChI is InChI=1S/C21H16N4O/c26-20(15-25-23-21(22-24-25)19-9-5-2-6-10-19)18-13-11-17(12-14-18)16-7-3-1-4-8-16/h1-14H,15H2. The van der Waals surface area contributed by atoms with Gasteiger partial charge in [0.1, 0.15) is 6.54 Å². The third-order valence-corrected chi connectivity index (χ3v) is 4.08. The van der Waals surface area contributed by atoms with Crippen LogP contribution in [0, 0.1) is 0 Å². The minimum atomic E-state index is -0.0541. The van der Waals surface area contributed by atoms with Gasteiger partial charge in [0.15, 0.2) is 5.78 Å². The van der Waals surface area contributed by atoms with Crippen LogP contribution in [0.3, 0.4) is 0 Å². The van der Waals surface area contributed by atoms with Gasteiger partial charge in [-0.05, 0) is 16.3 Å². The third-order valence-electron chi connectivity index (χ3n) is 4.08. The smallest absolute Gasteiger partial charge is 0.204 e. The SMILES string of the molecule is O=C(Cn1nnc(-c2ccccc2)n1)c1ccc(-c2ccccc2)cc1. The summed E-state index contributed by atoms with van der Waals surface area (Å²) >= 11 is 0. The van der Waals surface area contributed by atoms with Crippen molar-refractivity contribution >= 4 is 5.78 Å². The number of aromatic nitrogens is 4. The molecule has 1 heterocycles. The Balaban J connectivity index is 1.48. The monoisotopic (exact) mass is 340 g/mol. The lowest BCUT2D eigenvalue weighted by atomic mass is 10.0. The minimum Gasteiger partial charge on any atom is -0.292 e. The number of hydrogen-bond acceptors (Lipinski definition) is 4. The van der Waals surface area contributed by atoms with E-state index in [2.05, 4.69) is 15.4 Å². The number of hydrogen-bond donors (Lipinski definition) is 0. The van der Waals surface area contributed by atoms with Crippen molar-refractivity contribution in [3.63, 3.8) is 0 Å². The van der Waals surface area contributed by atoms with Gasteiger partial charge in [0.2, 0.25) is 5.82 Å². The molecule has 0 spiro atoms. The molecule has 0 atom stereocenters. The van der Waals surface area contributed by atoms with E-state index in [-0.39, 0.29) is 12.3 Å². The Morgan fingerprint density at radius 2 is 1.31 bits per heavy atom. The quantitative estimate of drug-likeness (QED) is 0.517. The highest BCUT2D eigenvalue weighted by atomic mass is 16.1. The summed E-state index contributed by atoms with van der Waals surface area (Å²) in [7, 11) is 0. The van der Waals surface area contributed by atoms with Gasteiger partial charge in [-0.15, -0.1) is 10.2 Å². The van der Waals surface area contributed by atoms with E-state index in [1.165, 1.54) is 4.80 Å². The van der Waals surface area contributed by atoms with E-state index in [0.717, 1.165) is 16.7 Å². The van der Waals surface area contributed by atoms with Crippen molar-refractivity contribution in [2.24, 2.45) is 0 Å². The van der Waals surface area contributed by atoms with Crippen molar-refractivity contribution < 1.29 is 4.79 Å². The van der Waals surface area contributed by atoms with Gasteiger partial charge in [-0.2, -0.15) is 4.80 Å². The molecule has 0 N–H and O–H groups in total. The molecule has 0 aliphatic heterocycles. The van der Waals surface area contributed by atoms with Gasteiger partial charge in [0.05, 0.1) is 0 Å². The predicted molar refractivity (Wildman–Crippen MR) is 99.5 cm³/mol. The molecule has 5 heteroatoms. The van der Waals surface area contributed by atoms with Crippen LogP contribution in [-0.4, -0.2) is 26.0 Å². The summed E-state index contributed by atoms with van der Waals surface area (Å²) in [6.45, 7) is 0.0600. The van der Waals surface area contributed by atoms with E-state index in [4.69, 9.17) is 0 Å². The van der Waals surface area contributed by atoms with Crippen molar-refractivity contribution in [3.8, 4) is 22.5 Å². The van der Waals surface area contributed by atoms with Crippen LogP contribution in [-0.2, 0) is 6.54 Å². The summed E-state index contributed by atoms with van der Waals surface area (Å²) in [5.41, 5.74) is 3.70. The van der Waals surface area contributed by atoms with Gasteiger partial charge in [0, 0.05) is 11.1 Å². The highest BCUT2D eigenvalue weighted by Crippen LogP contribution is 2.19. The molecule has 0 bridgehead atoms. The Morgan fingerprint density at radius 1 is 0.731 bits per heavy atom. The van der Waals surface area contributed by atoms with E-state index >= 15 is 0 Å². The number of benzene rings is 3. The summed E-state index contributed by atoms with van der Waals surface area (Å²) in [6, 6.07) is 27.2. The molecule has 126 valence electrons. The highest BCUT2D eigenvalue weighted by molar-refractivity contribution is 5.96. The lowest BCUT2D eigenvalue weighted by Gasteiger charge is -2.04. The van der Waals surface area contributed by atoms with Crippen LogP contribution < -0.4 is 0 Å². The van der Waals surface area contributed by atoms with E-state index in [1.54, 1.807) is 0 Å². The second-order valence-electron chi connectivity index (χ2n) is 5.88. The van der Waals surface area contributed by atoms with Crippen molar-refractivity contribution in [1.82, 2.24) is 20.2 Å². The lowest BCUT2D eigenvalue weighted by Crippen LogP contribution is -2.13. The second kappa shape index (κ2) is 7.11. The fourth-order valence-corrected chi connectivity index (χ4v) is 2.71. The molecule has 1 aromatic heterocycles. The van der Waals surface area contributed by atoms with E-state index in [0.29, 0.717) is 11.4 Å². The summed E-state index contributed by atoms with van der Waals surface area (Å²) in [4.78, 5) is 13.8. The zero-order chi connectivity index (χ0) is 17.8. The molecule has 26 heavy (non-hydrogen) atoms. The molecule has 0 radical (unpaired) electrons. The molecular formula is C21H16N4O. The van der Waals surface area contributed by atoms with Gasteiger partial charge in [0.25, 0.3) is 0 Å². The molecule has 5 nitrogen and oxygen atoms in total. The fourth-order valence-electron chi connectivity index (χ4n) is 2.71. The summed E-state index contributed by atoms with van der Waals surface area (Å²) in [5.74, 6) is 0.458. The largest absolute Gasteiger partial charge is 0.292 e. The Morgan fingerprint density at radius 3 is 1.96 bits per heavy atom. The fraction of sp³-hybridized carbons (Fsp3) is 0.0476. The normalized spacial score (nSPS) is 10.6. The molecule has 0 aliphatic rings. The Hall–Kier alpha value is -3.60. The molecule has 0 unspecified atom stereocenters. The minimum absolute atomic E-state index is 0.0541. The number of nitrogens with zero attached hydrogens (tertiary/aromatic N) is 4. The number of carbonyl (C=O) groups is 1. The molecule has 0 fully saturated rings. The van der Waals surface area contributed by atoms with Crippen molar-refractivity contribution in [3.05, 3.63) is 90.5 Å². The summed E-state index contributed by atoms with van der Waals surface area (Å²) < 4.78 is 0. The molecule has 0 amide bonds. The molecule has 0 aliphatic carbocycles. The van der Waals surface area contributed by atoms with Gasteiger partial charge in [-0.1, -0.05) is 84.9 Å². The first-order valence-corrected chi connectivity index (χ1v) is 8.31. The highest BCUT2D eigenvalue weighted by Gasteiger charge is 2.11. The van der Waals surface area contributed by atoms with Crippen molar-refractivity contribution in [2.45, 2.75) is 6.54 Å². The molecule has 4 aromatic rings. The maximum atomic E-state index is 12.5. The predicted octanol–water partition coefficient (Wildman–Crippen LogP) is 3.89. The summed E-state index contributed by atoms with van der Waals surface area (Å²) in [5, 5.41) is 12.3. The number of rotatable bonds is 5. The molecule has 0 saturated carbocycles. The van der Waals surface area contributed by atoms with Crippen LogP contribution in [0.5, 0.6) is 0 Å². The number of ketones is 1. The van der Waals surface area contributed by atoms with Crippen molar-refractivity contribution in [2.75, 3.05) is 0 Å². The molecular weight excluding hydrogens is 324 g/mol. The number of tetrazole rings is 1. The lowest BCUT2D eigenvalue weighted by molar-refractivity contribution is 0.0961. The Bertz CT molecular complexity index is 1010. The van der Waals surface area contributed by atoms with E-state index < -0.39 is 0 Å². The second-order valence-corrected chi connectivity index (χ2v) is 5.88. The zero-order valence-corrected chi connectivity index (χ0v) is 14.0.